The minimum atomic E-state index is -3.53. The number of nitrogens with zero attached hydrogens (tertiary/aromatic N) is 2. The number of carbonyl (C=O) groups excluding carboxylic acids is 1. The molecule has 0 bridgehead atoms. The van der Waals surface area contributed by atoms with Crippen molar-refractivity contribution in [2.45, 2.75) is 38.9 Å². The molecule has 0 saturated carbocycles. The highest BCUT2D eigenvalue weighted by Crippen LogP contribution is 2.22. The van der Waals surface area contributed by atoms with Crippen molar-refractivity contribution in [1.29, 1.82) is 0 Å². The van der Waals surface area contributed by atoms with Crippen LogP contribution in [0.25, 0.3) is 0 Å². The summed E-state index contributed by atoms with van der Waals surface area (Å²) in [6.07, 6.45) is 0.576. The van der Waals surface area contributed by atoms with Gasteiger partial charge in [-0.25, -0.2) is 13.2 Å². The van der Waals surface area contributed by atoms with E-state index in [-0.39, 0.29) is 12.3 Å². The van der Waals surface area contributed by atoms with Crippen molar-refractivity contribution in [1.82, 2.24) is 10.2 Å². The molecule has 2 aromatic carbocycles. The highest BCUT2D eigenvalue weighted by Gasteiger charge is 2.25. The van der Waals surface area contributed by atoms with Gasteiger partial charge in [0.1, 0.15) is 0 Å². The van der Waals surface area contributed by atoms with Crippen LogP contribution in [0, 0.1) is 0 Å². The fourth-order valence-corrected chi connectivity index (χ4v) is 5.68. The number of hydrogen-bond donors (Lipinski definition) is 1. The molecule has 0 unspecified atom stereocenters. The van der Waals surface area contributed by atoms with Crippen molar-refractivity contribution in [2.24, 2.45) is 0 Å². The molecule has 0 aromatic heterocycles. The van der Waals surface area contributed by atoms with Crippen LogP contribution in [0.15, 0.2) is 54.6 Å². The Kier molecular flexibility index (Phi) is 8.28. The average molecular weight is 460 g/mol. The van der Waals surface area contributed by atoms with E-state index in [0.29, 0.717) is 29.8 Å². The van der Waals surface area contributed by atoms with Crippen LogP contribution in [0.3, 0.4) is 0 Å². The summed E-state index contributed by atoms with van der Waals surface area (Å²) >= 11 is 0. The third-order valence-corrected chi connectivity index (χ3v) is 7.41. The fraction of sp³-hybridized carbons (Fsp3) is 0.458. The first kappa shape index (κ1) is 24.2. The van der Waals surface area contributed by atoms with Gasteiger partial charge in [-0.3, -0.25) is 4.31 Å². The molecule has 174 valence electrons. The van der Waals surface area contributed by atoms with Gasteiger partial charge < -0.3 is 15.0 Å². The van der Waals surface area contributed by atoms with Gasteiger partial charge in [0.25, 0.3) is 0 Å². The number of rotatable bonds is 9. The Bertz CT molecular complexity index is 970. The third-order valence-electron chi connectivity index (χ3n) is 5.59. The summed E-state index contributed by atoms with van der Waals surface area (Å²) in [6.45, 7) is 7.13. The molecule has 3 rings (SSSR count). The number of anilines is 1. The minimum Gasteiger partial charge on any atom is -0.465 e. The zero-order valence-corrected chi connectivity index (χ0v) is 19.8. The first-order valence-electron chi connectivity index (χ1n) is 11.0. The van der Waals surface area contributed by atoms with E-state index in [9.17, 15) is 13.2 Å². The van der Waals surface area contributed by atoms with Gasteiger partial charge in [-0.2, -0.15) is 0 Å². The average Bonchev–Trinajstić information content (AvgIpc) is 2.77. The molecular formula is C24H33N3O4S. The topological polar surface area (TPSA) is 79.0 Å². The monoisotopic (exact) mass is 459 g/mol. The number of benzene rings is 2. The Morgan fingerprint density at radius 1 is 1.06 bits per heavy atom. The summed E-state index contributed by atoms with van der Waals surface area (Å²) in [6, 6.07) is 16.8. The number of esters is 1. The second kappa shape index (κ2) is 10.9. The summed E-state index contributed by atoms with van der Waals surface area (Å²) in [5.74, 6) is -0.338. The number of nitrogens with one attached hydrogen (secondary N) is 1. The quantitative estimate of drug-likeness (QED) is 0.581. The molecule has 1 heterocycles. The summed E-state index contributed by atoms with van der Waals surface area (Å²) in [5.41, 5.74) is 1.87. The van der Waals surface area contributed by atoms with Gasteiger partial charge in [-0.15, -0.1) is 0 Å². The normalized spacial score (nSPS) is 19.5. The van der Waals surface area contributed by atoms with E-state index >= 15 is 0 Å². The highest BCUT2D eigenvalue weighted by atomic mass is 32.2. The van der Waals surface area contributed by atoms with E-state index in [1.807, 2.05) is 18.2 Å². The highest BCUT2D eigenvalue weighted by molar-refractivity contribution is 7.92. The molecule has 0 aliphatic carbocycles. The lowest BCUT2D eigenvalue weighted by Crippen LogP contribution is -2.54. The second-order valence-electron chi connectivity index (χ2n) is 8.43. The Labute approximate surface area is 191 Å². The van der Waals surface area contributed by atoms with E-state index in [1.54, 1.807) is 36.4 Å². The molecular weight excluding hydrogens is 426 g/mol. The summed E-state index contributed by atoms with van der Waals surface area (Å²) in [4.78, 5) is 14.0. The van der Waals surface area contributed by atoms with Crippen molar-refractivity contribution < 1.29 is 17.9 Å². The lowest BCUT2D eigenvalue weighted by atomic mass is 10.1. The van der Waals surface area contributed by atoms with Crippen molar-refractivity contribution >= 4 is 21.7 Å². The second-order valence-corrected chi connectivity index (χ2v) is 10.4. The molecule has 1 fully saturated rings. The molecule has 8 heteroatoms. The molecule has 0 spiro atoms. The molecule has 0 amide bonds. The van der Waals surface area contributed by atoms with Crippen molar-refractivity contribution in [3.63, 3.8) is 0 Å². The van der Waals surface area contributed by atoms with E-state index in [0.717, 1.165) is 25.2 Å². The number of ether oxygens (including phenoxy) is 1. The van der Waals surface area contributed by atoms with Crippen LogP contribution in [0.4, 0.5) is 5.69 Å². The molecule has 32 heavy (non-hydrogen) atoms. The molecule has 7 nitrogen and oxygen atoms in total. The minimum absolute atomic E-state index is 0.0782. The number of hydrogen-bond acceptors (Lipinski definition) is 6. The maximum atomic E-state index is 13.3. The first-order chi connectivity index (χ1) is 15.3. The van der Waals surface area contributed by atoms with Crippen LogP contribution in [0.1, 0.15) is 36.2 Å². The number of para-hydroxylation sites is 1. The fourth-order valence-electron chi connectivity index (χ4n) is 4.18. The van der Waals surface area contributed by atoms with Gasteiger partial charge in [0, 0.05) is 25.2 Å². The van der Waals surface area contributed by atoms with E-state index in [2.05, 4.69) is 24.1 Å². The van der Waals surface area contributed by atoms with Gasteiger partial charge >= 0.3 is 5.97 Å². The number of sulfonamides is 1. The van der Waals surface area contributed by atoms with Gasteiger partial charge in [0.05, 0.1) is 30.7 Å². The molecule has 0 radical (unpaired) electrons. The molecule has 2 atom stereocenters. The Hall–Kier alpha value is -2.42. The largest absolute Gasteiger partial charge is 0.465 e. The Balaban J connectivity index is 1.71. The van der Waals surface area contributed by atoms with E-state index in [4.69, 9.17) is 4.74 Å². The third kappa shape index (κ3) is 6.54. The predicted molar refractivity (Wildman–Crippen MR) is 127 cm³/mol. The molecule has 1 aliphatic rings. The van der Waals surface area contributed by atoms with Gasteiger partial charge in [-0.1, -0.05) is 30.3 Å². The van der Waals surface area contributed by atoms with Crippen LogP contribution in [0.2, 0.25) is 0 Å². The molecule has 1 N–H and O–H groups in total. The van der Waals surface area contributed by atoms with Gasteiger partial charge in [0.15, 0.2) is 0 Å². The van der Waals surface area contributed by atoms with Crippen LogP contribution >= 0.6 is 0 Å². The Morgan fingerprint density at radius 3 is 2.28 bits per heavy atom. The summed E-state index contributed by atoms with van der Waals surface area (Å²) < 4.78 is 32.9. The lowest BCUT2D eigenvalue weighted by Gasteiger charge is -2.36. The standard InChI is InChI=1S/C24H33N3O4S/c1-19-16-26(17-20(2)25-19)14-7-15-32(29,30)27(23-8-5-4-6-9-23)18-21-10-12-22(13-11-21)24(28)31-3/h4-6,8-13,19-20,25H,7,14-18H2,1-3H3/t19-,20+. The SMILES string of the molecule is COC(=O)c1ccc(CN(c2ccccc2)S(=O)(=O)CCCN2C[C@@H](C)N[C@@H](C)C2)cc1. The molecule has 1 saturated heterocycles. The lowest BCUT2D eigenvalue weighted by molar-refractivity contribution is 0.0600. The molecule has 1 aliphatic heterocycles. The molecule has 2 aromatic rings. The van der Waals surface area contributed by atoms with Crippen LogP contribution < -0.4 is 9.62 Å². The van der Waals surface area contributed by atoms with Gasteiger partial charge in [0.2, 0.25) is 10.0 Å². The van der Waals surface area contributed by atoms with Crippen LogP contribution in [-0.2, 0) is 21.3 Å². The van der Waals surface area contributed by atoms with Crippen LogP contribution in [-0.4, -0.2) is 63.9 Å². The maximum absolute atomic E-state index is 13.3. The van der Waals surface area contributed by atoms with Gasteiger partial charge in [-0.05, 0) is 56.6 Å². The predicted octanol–water partition coefficient (Wildman–Crippen LogP) is 2.88. The van der Waals surface area contributed by atoms with E-state index in [1.165, 1.54) is 11.4 Å². The summed E-state index contributed by atoms with van der Waals surface area (Å²) in [7, 11) is -2.20. The smallest absolute Gasteiger partial charge is 0.337 e. The summed E-state index contributed by atoms with van der Waals surface area (Å²) in [5, 5.41) is 3.50. The van der Waals surface area contributed by atoms with Crippen LogP contribution in [0.5, 0.6) is 0 Å². The maximum Gasteiger partial charge on any atom is 0.337 e. The van der Waals surface area contributed by atoms with Crippen molar-refractivity contribution in [3.05, 3.63) is 65.7 Å². The number of piperazine rings is 1. The van der Waals surface area contributed by atoms with Crippen molar-refractivity contribution in [2.75, 3.05) is 36.8 Å². The first-order valence-corrected chi connectivity index (χ1v) is 12.6. The Morgan fingerprint density at radius 2 is 1.69 bits per heavy atom. The van der Waals surface area contributed by atoms with Crippen molar-refractivity contribution in [3.8, 4) is 0 Å². The number of methoxy groups -OCH3 is 1. The number of carbonyl (C=O) groups is 1. The zero-order valence-electron chi connectivity index (χ0n) is 19.0. The zero-order chi connectivity index (χ0) is 23.1. The van der Waals surface area contributed by atoms with E-state index < -0.39 is 16.0 Å².